The molecule has 3 unspecified atom stereocenters. The van der Waals surface area contributed by atoms with Crippen molar-refractivity contribution in [2.75, 3.05) is 19.1 Å². The molecule has 2 heterocycles. The van der Waals surface area contributed by atoms with E-state index in [-0.39, 0.29) is 18.1 Å². The van der Waals surface area contributed by atoms with E-state index in [0.717, 1.165) is 11.1 Å². The van der Waals surface area contributed by atoms with Gasteiger partial charge in [-0.3, -0.25) is 14.9 Å². The fourth-order valence-corrected chi connectivity index (χ4v) is 6.07. The predicted octanol–water partition coefficient (Wildman–Crippen LogP) is 4.04. The lowest BCUT2D eigenvalue weighted by atomic mass is 9.73. The van der Waals surface area contributed by atoms with Crippen LogP contribution in [0.1, 0.15) is 65.5 Å². The van der Waals surface area contributed by atoms with Crippen molar-refractivity contribution in [3.63, 3.8) is 0 Å². The number of hydrogen-bond acceptors (Lipinski definition) is 9. The Morgan fingerprint density at radius 2 is 1.91 bits per heavy atom. The van der Waals surface area contributed by atoms with Crippen LogP contribution in [0.3, 0.4) is 0 Å². The molecule has 45 heavy (non-hydrogen) atoms. The average molecular weight is 651 g/mol. The smallest absolute Gasteiger partial charge is 0.409 e. The number of benzene rings is 1. The number of aliphatic hydroxyl groups is 3. The van der Waals surface area contributed by atoms with Crippen LogP contribution in [0.15, 0.2) is 35.9 Å². The number of rotatable bonds is 4. The molecule has 0 spiro atoms. The van der Waals surface area contributed by atoms with E-state index in [1.165, 1.54) is 26.0 Å². The fourth-order valence-electron chi connectivity index (χ4n) is 5.77. The number of ether oxygens (including phenoxy) is 3. The molecule has 250 valence electrons. The minimum atomic E-state index is -1.83. The average Bonchev–Trinajstić information content (AvgIpc) is 2.97. The summed E-state index contributed by atoms with van der Waals surface area (Å²) in [4.78, 5) is 40.7. The molecule has 3 rings (SSSR count). The Hall–Kier alpha value is -2.96. The van der Waals surface area contributed by atoms with E-state index in [2.05, 4.69) is 5.32 Å². The Kier molecular flexibility index (Phi) is 11.9. The normalized spacial score (nSPS) is 31.7. The number of nitrogens with one attached hydrogen (secondary N) is 1. The zero-order valence-electron chi connectivity index (χ0n) is 27.3. The summed E-state index contributed by atoms with van der Waals surface area (Å²) < 4.78 is 16.9. The minimum Gasteiger partial charge on any atom is -0.459 e. The Morgan fingerprint density at radius 3 is 2.51 bits per heavy atom. The van der Waals surface area contributed by atoms with Crippen molar-refractivity contribution in [1.29, 1.82) is 0 Å². The zero-order valence-corrected chi connectivity index (χ0v) is 28.1. The lowest BCUT2D eigenvalue weighted by molar-refractivity contribution is -0.184. The van der Waals surface area contributed by atoms with Crippen LogP contribution in [0.2, 0.25) is 5.02 Å². The van der Waals surface area contributed by atoms with Gasteiger partial charge in [-0.2, -0.15) is 0 Å². The quantitative estimate of drug-likeness (QED) is 0.354. The van der Waals surface area contributed by atoms with E-state index in [0.29, 0.717) is 17.7 Å². The topological polar surface area (TPSA) is 155 Å². The number of aliphatic hydroxyl groups excluding tert-OH is 1. The molecule has 1 saturated heterocycles. The first-order valence-corrected chi connectivity index (χ1v) is 15.5. The van der Waals surface area contributed by atoms with Crippen LogP contribution >= 0.6 is 11.6 Å². The van der Waals surface area contributed by atoms with Crippen LogP contribution in [0, 0.1) is 17.8 Å². The van der Waals surface area contributed by atoms with Crippen molar-refractivity contribution in [3.8, 4) is 0 Å². The third kappa shape index (κ3) is 8.26. The molecular formula is C33H47ClN2O9. The van der Waals surface area contributed by atoms with Crippen LogP contribution in [0.4, 0.5) is 10.5 Å². The largest absolute Gasteiger partial charge is 0.459 e. The summed E-state index contributed by atoms with van der Waals surface area (Å²) in [5.74, 6) is -2.91. The van der Waals surface area contributed by atoms with Gasteiger partial charge in [-0.05, 0) is 49.3 Å². The molecule has 1 fully saturated rings. The minimum absolute atomic E-state index is 0.0712. The molecule has 7 atom stereocenters. The molecule has 1 aromatic rings. The Balaban J connectivity index is 2.19. The lowest BCUT2D eigenvalue weighted by Gasteiger charge is -2.46. The molecule has 1 aromatic carbocycles. The van der Waals surface area contributed by atoms with E-state index in [4.69, 9.17) is 25.8 Å². The molecule has 0 aromatic heterocycles. The molecule has 2 aliphatic rings. The van der Waals surface area contributed by atoms with Crippen LogP contribution in [0.25, 0.3) is 0 Å². The number of fused-ring (bicyclic) bond motifs is 4. The number of esters is 1. The summed E-state index contributed by atoms with van der Waals surface area (Å²) in [6.45, 7) is 9.78. The van der Waals surface area contributed by atoms with E-state index in [9.17, 15) is 29.7 Å². The van der Waals surface area contributed by atoms with Crippen LogP contribution in [0.5, 0.6) is 0 Å². The van der Waals surface area contributed by atoms with Gasteiger partial charge in [0, 0.05) is 20.6 Å². The van der Waals surface area contributed by atoms with E-state index < -0.39 is 71.8 Å². The number of nitrogens with zero attached hydrogens (tertiary/aromatic N) is 1. The number of hydrogen-bond donors (Lipinski definition) is 4. The van der Waals surface area contributed by atoms with Gasteiger partial charge < -0.3 is 34.4 Å². The second-order valence-electron chi connectivity index (χ2n) is 12.8. The number of anilines is 1. The maximum absolute atomic E-state index is 13.8. The second-order valence-corrected chi connectivity index (χ2v) is 13.2. The van der Waals surface area contributed by atoms with Gasteiger partial charge in [0.15, 0.2) is 5.72 Å². The van der Waals surface area contributed by atoms with Gasteiger partial charge >= 0.3 is 12.1 Å². The highest BCUT2D eigenvalue weighted by Gasteiger charge is 2.51. The van der Waals surface area contributed by atoms with E-state index >= 15 is 0 Å². The molecule has 2 amide bonds. The molecule has 11 nitrogen and oxygen atoms in total. The van der Waals surface area contributed by atoms with Crippen molar-refractivity contribution < 1.29 is 43.9 Å². The first kappa shape index (κ1) is 36.5. The number of amides is 2. The molecule has 0 radical (unpaired) electrons. The SMILES string of the molecule is CO[C@@H]1C=CC=C(C)Cc2cc(CO)c(Cl)c(c2)N(C)C(=O)C[C@H](OC(=O)C(C)C)C(C)(O)C(C)[C@H](C)C2C[C@@]1(O)NC(=O)O2. The maximum Gasteiger partial charge on any atom is 0.409 e. The first-order chi connectivity index (χ1) is 20.9. The summed E-state index contributed by atoms with van der Waals surface area (Å²) in [7, 11) is 2.95. The standard InChI is InChI=1S/C33H47ClN2O9/c1-18(2)30(39)45-27-15-28(38)36(7)24-14-22(13-23(17-37)29(24)34)12-19(3)10-9-11-26(43-8)33(42)16-25(44-31(40)35-33)20(4)21(5)32(27,6)41/h9-11,13-14,18,20-21,25-27,37,41-42H,12,15-17H2,1-8H3,(H,35,40)/t20-,21?,25?,26+,27-,32?,33-/m0/s1. The number of alkyl carbamates (subject to hydrolysis) is 1. The third-order valence-electron chi connectivity index (χ3n) is 9.10. The number of allylic oxidation sites excluding steroid dienone is 3. The van der Waals surface area contributed by atoms with Gasteiger partial charge in [0.25, 0.3) is 0 Å². The van der Waals surface area contributed by atoms with Crippen molar-refractivity contribution >= 4 is 35.3 Å². The van der Waals surface area contributed by atoms with Crippen LogP contribution < -0.4 is 10.2 Å². The highest BCUT2D eigenvalue weighted by atomic mass is 35.5. The Bertz CT molecular complexity index is 1330. The van der Waals surface area contributed by atoms with Crippen LogP contribution in [-0.2, 0) is 36.8 Å². The number of halogens is 1. The first-order valence-electron chi connectivity index (χ1n) is 15.1. The van der Waals surface area contributed by atoms with E-state index in [1.807, 2.05) is 13.0 Å². The summed E-state index contributed by atoms with van der Waals surface area (Å²) in [6, 6.07) is 3.51. The maximum atomic E-state index is 13.8. The third-order valence-corrected chi connectivity index (χ3v) is 9.53. The molecule has 4 bridgehead atoms. The number of carbonyl (C=O) groups is 3. The summed E-state index contributed by atoms with van der Waals surface area (Å²) in [5, 5.41) is 36.3. The number of carbonyl (C=O) groups excluding carboxylic acids is 3. The zero-order chi connectivity index (χ0) is 33.9. The van der Waals surface area contributed by atoms with E-state index in [1.54, 1.807) is 52.0 Å². The van der Waals surface area contributed by atoms with Crippen molar-refractivity contribution in [1.82, 2.24) is 5.32 Å². The summed E-state index contributed by atoms with van der Waals surface area (Å²) >= 11 is 6.64. The van der Waals surface area contributed by atoms with Crippen molar-refractivity contribution in [3.05, 3.63) is 52.1 Å². The highest BCUT2D eigenvalue weighted by Crippen LogP contribution is 2.39. The molecule has 4 N–H and O–H groups in total. The summed E-state index contributed by atoms with van der Waals surface area (Å²) in [6.07, 6.45) is 1.20. The lowest BCUT2D eigenvalue weighted by Crippen LogP contribution is -2.64. The van der Waals surface area contributed by atoms with Gasteiger partial charge in [0.2, 0.25) is 5.91 Å². The highest BCUT2D eigenvalue weighted by molar-refractivity contribution is 6.34. The summed E-state index contributed by atoms with van der Waals surface area (Å²) in [5.41, 5.74) is -1.16. The van der Waals surface area contributed by atoms with Crippen molar-refractivity contribution in [2.45, 2.75) is 97.0 Å². The van der Waals surface area contributed by atoms with Gasteiger partial charge in [0.1, 0.15) is 23.9 Å². The molecular weight excluding hydrogens is 604 g/mol. The monoisotopic (exact) mass is 650 g/mol. The molecule has 12 heteroatoms. The van der Waals surface area contributed by atoms with Gasteiger partial charge in [-0.1, -0.05) is 69.2 Å². The van der Waals surface area contributed by atoms with Crippen LogP contribution in [-0.4, -0.2) is 77.1 Å². The molecule has 0 saturated carbocycles. The van der Waals surface area contributed by atoms with Gasteiger partial charge in [0.05, 0.1) is 29.7 Å². The fraction of sp³-hybridized carbons (Fsp3) is 0.606. The van der Waals surface area contributed by atoms with Gasteiger partial charge in [-0.25, -0.2) is 4.79 Å². The Morgan fingerprint density at radius 1 is 1.24 bits per heavy atom. The van der Waals surface area contributed by atoms with Gasteiger partial charge in [-0.15, -0.1) is 0 Å². The Labute approximate surface area is 270 Å². The second kappa shape index (κ2) is 14.6. The number of methoxy groups -OCH3 is 1. The molecule has 2 aliphatic heterocycles. The van der Waals surface area contributed by atoms with Crippen molar-refractivity contribution in [2.24, 2.45) is 17.8 Å². The molecule has 0 aliphatic carbocycles. The predicted molar refractivity (Wildman–Crippen MR) is 169 cm³/mol.